The van der Waals surface area contributed by atoms with Crippen LogP contribution >= 0.6 is 0 Å². The number of anilines is 1. The van der Waals surface area contributed by atoms with E-state index in [1.54, 1.807) is 13.0 Å². The molecule has 0 aliphatic heterocycles. The van der Waals surface area contributed by atoms with Gasteiger partial charge in [-0.25, -0.2) is 19.3 Å². The molecule has 0 fully saturated rings. The van der Waals surface area contributed by atoms with Crippen LogP contribution in [0.15, 0.2) is 10.9 Å². The molecule has 0 saturated carbocycles. The third-order valence-electron chi connectivity index (χ3n) is 2.60. The normalized spacial score (nSPS) is 12.9. The van der Waals surface area contributed by atoms with Gasteiger partial charge in [0.1, 0.15) is 11.6 Å². The van der Waals surface area contributed by atoms with Gasteiger partial charge in [-0.2, -0.15) is 5.10 Å². The molecule has 2 aromatic heterocycles. The molecule has 7 heteroatoms. The summed E-state index contributed by atoms with van der Waals surface area (Å²) in [6.45, 7) is 5.18. The van der Waals surface area contributed by atoms with Crippen molar-refractivity contribution < 1.29 is 0 Å². The number of fused-ring (bicyclic) bond motifs is 1. The first kappa shape index (κ1) is 11.6. The maximum absolute atomic E-state index is 11.4. The first-order chi connectivity index (χ1) is 8.11. The van der Waals surface area contributed by atoms with E-state index in [0.717, 1.165) is 6.54 Å². The Balaban J connectivity index is 2.28. The molecule has 0 spiro atoms. The summed E-state index contributed by atoms with van der Waals surface area (Å²) in [5.41, 5.74) is 5.83. The summed E-state index contributed by atoms with van der Waals surface area (Å²) in [4.78, 5) is 15.7. The van der Waals surface area contributed by atoms with Crippen LogP contribution in [0.4, 0.5) is 5.82 Å². The molecule has 0 radical (unpaired) electrons. The Kier molecular flexibility index (Phi) is 3.10. The molecule has 4 N–H and O–H groups in total. The van der Waals surface area contributed by atoms with E-state index in [4.69, 9.17) is 5.73 Å². The first-order valence-electron chi connectivity index (χ1n) is 5.50. The molecule has 0 bridgehead atoms. The fraction of sp³-hybridized carbons (Fsp3) is 0.500. The highest BCUT2D eigenvalue weighted by molar-refractivity contribution is 5.49. The number of nitrogens with zero attached hydrogens (tertiary/aromatic N) is 3. The summed E-state index contributed by atoms with van der Waals surface area (Å²) in [6, 6.07) is 1.73. The van der Waals surface area contributed by atoms with Gasteiger partial charge in [0.25, 0.3) is 0 Å². The van der Waals surface area contributed by atoms with Gasteiger partial charge < -0.3 is 11.1 Å². The second-order valence-electron chi connectivity index (χ2n) is 4.13. The van der Waals surface area contributed by atoms with Gasteiger partial charge >= 0.3 is 5.69 Å². The summed E-state index contributed by atoms with van der Waals surface area (Å²) in [6.07, 6.45) is 0. The Morgan fingerprint density at radius 2 is 2.41 bits per heavy atom. The summed E-state index contributed by atoms with van der Waals surface area (Å²) in [5, 5.41) is 9.48. The number of aromatic nitrogens is 4. The average Bonchev–Trinajstić information content (AvgIpc) is 2.68. The van der Waals surface area contributed by atoms with Gasteiger partial charge in [0.15, 0.2) is 5.65 Å². The smallest absolute Gasteiger partial charge is 0.349 e. The summed E-state index contributed by atoms with van der Waals surface area (Å²) < 4.78 is 1.43. The number of aryl methyl sites for hydroxylation is 1. The van der Waals surface area contributed by atoms with Crippen LogP contribution in [0.1, 0.15) is 12.7 Å². The predicted molar refractivity (Wildman–Crippen MR) is 65.1 cm³/mol. The second kappa shape index (κ2) is 4.54. The quantitative estimate of drug-likeness (QED) is 0.678. The van der Waals surface area contributed by atoms with Gasteiger partial charge in [-0.3, -0.25) is 0 Å². The largest absolute Gasteiger partial charge is 0.370 e. The molecule has 2 aromatic rings. The first-order valence-corrected chi connectivity index (χ1v) is 5.50. The number of rotatable bonds is 4. The Morgan fingerprint density at radius 3 is 3.12 bits per heavy atom. The summed E-state index contributed by atoms with van der Waals surface area (Å²) in [5.74, 6) is 1.67. The Labute approximate surface area is 98.1 Å². The van der Waals surface area contributed by atoms with Gasteiger partial charge in [0, 0.05) is 12.6 Å². The Hall–Kier alpha value is -1.89. The van der Waals surface area contributed by atoms with E-state index in [-0.39, 0.29) is 5.69 Å². The molecule has 7 nitrogen and oxygen atoms in total. The van der Waals surface area contributed by atoms with Gasteiger partial charge in [0.05, 0.1) is 0 Å². The van der Waals surface area contributed by atoms with Crippen LogP contribution in [0.3, 0.4) is 0 Å². The zero-order valence-corrected chi connectivity index (χ0v) is 9.90. The molecular formula is C10H16N6O. The molecule has 1 unspecified atom stereocenters. The number of nitrogens with two attached hydrogens (primary N) is 1. The summed E-state index contributed by atoms with van der Waals surface area (Å²) >= 11 is 0. The number of hydrogen-bond acceptors (Lipinski definition) is 5. The highest BCUT2D eigenvalue weighted by Crippen LogP contribution is 2.08. The van der Waals surface area contributed by atoms with E-state index in [2.05, 4.69) is 27.4 Å². The lowest BCUT2D eigenvalue weighted by atomic mass is 10.2. The summed E-state index contributed by atoms with van der Waals surface area (Å²) in [7, 11) is 0. The zero-order chi connectivity index (χ0) is 12.4. The molecule has 0 aliphatic rings. The topological polar surface area (TPSA) is 101 Å². The Bertz CT molecular complexity index is 572. The van der Waals surface area contributed by atoms with E-state index >= 15 is 0 Å². The number of H-pyrrole nitrogens is 1. The fourth-order valence-electron chi connectivity index (χ4n) is 1.55. The van der Waals surface area contributed by atoms with Crippen molar-refractivity contribution in [3.8, 4) is 0 Å². The molecule has 2 rings (SSSR count). The van der Waals surface area contributed by atoms with Crippen LogP contribution < -0.4 is 16.7 Å². The van der Waals surface area contributed by atoms with E-state index < -0.39 is 0 Å². The minimum atomic E-state index is -0.271. The molecule has 92 valence electrons. The van der Waals surface area contributed by atoms with Gasteiger partial charge in [-0.1, -0.05) is 6.92 Å². The van der Waals surface area contributed by atoms with Crippen LogP contribution in [0, 0.1) is 12.8 Å². The van der Waals surface area contributed by atoms with Crippen LogP contribution in [-0.2, 0) is 0 Å². The maximum Gasteiger partial charge on any atom is 0.349 e. The maximum atomic E-state index is 11.4. The van der Waals surface area contributed by atoms with Crippen molar-refractivity contribution in [2.45, 2.75) is 13.8 Å². The average molecular weight is 236 g/mol. The standard InChI is InChI=1S/C10H16N6O/c1-6(4-11)5-12-8-3-9-14-15-10(17)16(9)7(2)13-8/h3,6,12H,4-5,11H2,1-2H3,(H,15,17). The monoisotopic (exact) mass is 236 g/mol. The third kappa shape index (κ3) is 2.28. The molecule has 0 aliphatic carbocycles. The number of nitrogens with one attached hydrogen (secondary N) is 2. The van der Waals surface area contributed by atoms with Crippen LogP contribution in [-0.4, -0.2) is 32.7 Å². The minimum absolute atomic E-state index is 0.271. The van der Waals surface area contributed by atoms with Crippen LogP contribution in [0.5, 0.6) is 0 Å². The van der Waals surface area contributed by atoms with E-state index in [0.29, 0.717) is 29.8 Å². The molecule has 2 heterocycles. The van der Waals surface area contributed by atoms with Crippen molar-refractivity contribution in [3.63, 3.8) is 0 Å². The molecule has 17 heavy (non-hydrogen) atoms. The van der Waals surface area contributed by atoms with Gasteiger partial charge in [0.2, 0.25) is 0 Å². The van der Waals surface area contributed by atoms with E-state index in [1.807, 2.05) is 0 Å². The second-order valence-corrected chi connectivity index (χ2v) is 4.13. The fourth-order valence-corrected chi connectivity index (χ4v) is 1.55. The van der Waals surface area contributed by atoms with Crippen molar-refractivity contribution in [2.75, 3.05) is 18.4 Å². The van der Waals surface area contributed by atoms with Gasteiger partial charge in [-0.15, -0.1) is 0 Å². The lowest BCUT2D eigenvalue weighted by molar-refractivity contribution is 0.626. The molecule has 0 saturated heterocycles. The minimum Gasteiger partial charge on any atom is -0.370 e. The van der Waals surface area contributed by atoms with E-state index in [1.165, 1.54) is 4.40 Å². The van der Waals surface area contributed by atoms with Crippen molar-refractivity contribution in [2.24, 2.45) is 11.7 Å². The van der Waals surface area contributed by atoms with E-state index in [9.17, 15) is 4.79 Å². The lowest BCUT2D eigenvalue weighted by Crippen LogP contribution is -2.21. The third-order valence-corrected chi connectivity index (χ3v) is 2.60. The van der Waals surface area contributed by atoms with Gasteiger partial charge in [-0.05, 0) is 19.4 Å². The number of aromatic amines is 1. The molecule has 1 atom stereocenters. The highest BCUT2D eigenvalue weighted by atomic mass is 16.1. The molecular weight excluding hydrogens is 220 g/mol. The van der Waals surface area contributed by atoms with Crippen molar-refractivity contribution >= 4 is 11.5 Å². The number of hydrogen-bond donors (Lipinski definition) is 3. The SMILES string of the molecule is Cc1nc(NCC(C)CN)cc2n[nH]c(=O)n12. The van der Waals surface area contributed by atoms with Crippen LogP contribution in [0.2, 0.25) is 0 Å². The van der Waals surface area contributed by atoms with Crippen molar-refractivity contribution in [1.29, 1.82) is 0 Å². The molecule has 0 amide bonds. The van der Waals surface area contributed by atoms with Crippen molar-refractivity contribution in [3.05, 3.63) is 22.4 Å². The zero-order valence-electron chi connectivity index (χ0n) is 9.90. The highest BCUT2D eigenvalue weighted by Gasteiger charge is 2.07. The Morgan fingerprint density at radius 1 is 1.65 bits per heavy atom. The predicted octanol–water partition coefficient (Wildman–Crippen LogP) is -0.267. The van der Waals surface area contributed by atoms with Crippen LogP contribution in [0.25, 0.3) is 5.65 Å². The van der Waals surface area contributed by atoms with Crippen molar-refractivity contribution in [1.82, 2.24) is 19.6 Å². The molecule has 0 aromatic carbocycles. The lowest BCUT2D eigenvalue weighted by Gasteiger charge is -2.11.